The van der Waals surface area contributed by atoms with Crippen LogP contribution in [0.2, 0.25) is 0 Å². The van der Waals surface area contributed by atoms with Crippen LogP contribution in [0.15, 0.2) is 61.1 Å². The number of amides is 1. The summed E-state index contributed by atoms with van der Waals surface area (Å²) in [5.41, 5.74) is 5.76. The van der Waals surface area contributed by atoms with Gasteiger partial charge in [-0.25, -0.2) is 18.9 Å². The van der Waals surface area contributed by atoms with Gasteiger partial charge in [0.25, 0.3) is 0 Å². The molecule has 8 nitrogen and oxygen atoms in total. The van der Waals surface area contributed by atoms with E-state index < -0.39 is 6.67 Å². The minimum absolute atomic E-state index is 0.0431. The minimum atomic E-state index is -0.422. The number of piperidine rings is 1. The van der Waals surface area contributed by atoms with Gasteiger partial charge in [-0.1, -0.05) is 13.8 Å². The molecule has 1 aliphatic heterocycles. The van der Waals surface area contributed by atoms with Crippen LogP contribution in [0.3, 0.4) is 0 Å². The molecular formula is C27H30FN7O. The molecule has 0 spiro atoms. The van der Waals surface area contributed by atoms with E-state index in [2.05, 4.69) is 40.6 Å². The zero-order valence-electron chi connectivity index (χ0n) is 20.5. The summed E-state index contributed by atoms with van der Waals surface area (Å²) < 4.78 is 14.3. The lowest BCUT2D eigenvalue weighted by atomic mass is 10.0. The van der Waals surface area contributed by atoms with Crippen LogP contribution >= 0.6 is 0 Å². The first kappa shape index (κ1) is 23.9. The van der Waals surface area contributed by atoms with E-state index in [1.807, 2.05) is 53.3 Å². The van der Waals surface area contributed by atoms with Gasteiger partial charge in [0, 0.05) is 60.4 Å². The highest BCUT2D eigenvalue weighted by Gasteiger charge is 2.26. The third-order valence-corrected chi connectivity index (χ3v) is 6.51. The van der Waals surface area contributed by atoms with Crippen molar-refractivity contribution in [3.63, 3.8) is 0 Å². The second-order valence-electron chi connectivity index (χ2n) is 9.32. The molecule has 1 amide bonds. The number of benzene rings is 1. The van der Waals surface area contributed by atoms with E-state index in [0.717, 1.165) is 34.6 Å². The van der Waals surface area contributed by atoms with Crippen molar-refractivity contribution in [1.82, 2.24) is 24.9 Å². The Morgan fingerprint density at radius 2 is 2.00 bits per heavy atom. The topological polar surface area (TPSA) is 87.5 Å². The Bertz CT molecular complexity index is 1350. The maximum Gasteiger partial charge on any atom is 0.228 e. The minimum Gasteiger partial charge on any atom is -0.324 e. The van der Waals surface area contributed by atoms with E-state index >= 15 is 0 Å². The Balaban J connectivity index is 1.28. The summed E-state index contributed by atoms with van der Waals surface area (Å²) in [6.45, 7) is 4.80. The van der Waals surface area contributed by atoms with Gasteiger partial charge in [-0.05, 0) is 54.8 Å². The highest BCUT2D eigenvalue weighted by atomic mass is 19.1. The summed E-state index contributed by atoms with van der Waals surface area (Å²) >= 11 is 0. The molecule has 4 aromatic rings. The van der Waals surface area contributed by atoms with Crippen LogP contribution in [0, 0.1) is 0 Å². The molecule has 0 bridgehead atoms. The molecule has 1 aromatic carbocycles. The number of aromatic nitrogens is 4. The molecule has 0 radical (unpaired) electrons. The number of nitrogens with one attached hydrogen (secondary N) is 2. The molecule has 1 fully saturated rings. The summed E-state index contributed by atoms with van der Waals surface area (Å²) in [5.74, 6) is 0.918. The molecule has 0 saturated carbocycles. The Morgan fingerprint density at radius 1 is 1.17 bits per heavy atom. The fraction of sp³-hybridized carbons (Fsp3) is 0.333. The van der Waals surface area contributed by atoms with Crippen molar-refractivity contribution in [3.05, 3.63) is 66.6 Å². The third-order valence-electron chi connectivity index (χ3n) is 6.51. The molecule has 0 aliphatic carbocycles. The Morgan fingerprint density at radius 3 is 2.75 bits per heavy atom. The van der Waals surface area contributed by atoms with Crippen molar-refractivity contribution < 1.29 is 9.18 Å². The van der Waals surface area contributed by atoms with Gasteiger partial charge in [-0.15, -0.1) is 0 Å². The number of anilines is 3. The average molecular weight is 488 g/mol. The molecule has 186 valence electrons. The van der Waals surface area contributed by atoms with Crippen molar-refractivity contribution in [3.8, 4) is 11.3 Å². The first-order chi connectivity index (χ1) is 17.5. The van der Waals surface area contributed by atoms with E-state index in [1.54, 1.807) is 11.1 Å². The number of carbonyl (C=O) groups is 1. The van der Waals surface area contributed by atoms with Gasteiger partial charge >= 0.3 is 0 Å². The normalized spacial score (nSPS) is 16.2. The summed E-state index contributed by atoms with van der Waals surface area (Å²) in [5, 5.41) is 10.8. The number of alkyl halides is 1. The smallest absolute Gasteiger partial charge is 0.228 e. The molecule has 3 aromatic heterocycles. The zero-order valence-corrected chi connectivity index (χ0v) is 20.5. The first-order valence-corrected chi connectivity index (χ1v) is 12.3. The van der Waals surface area contributed by atoms with Crippen molar-refractivity contribution in [2.45, 2.75) is 38.6 Å². The third kappa shape index (κ3) is 5.06. The lowest BCUT2D eigenvalue weighted by molar-refractivity contribution is -0.120. The Kier molecular flexibility index (Phi) is 6.90. The average Bonchev–Trinajstić information content (AvgIpc) is 3.32. The quantitative estimate of drug-likeness (QED) is 0.374. The fourth-order valence-electron chi connectivity index (χ4n) is 4.58. The molecule has 1 saturated heterocycles. The number of nitrogens with zero attached hydrogens (tertiary/aromatic N) is 5. The molecule has 2 N–H and O–H groups in total. The maximum atomic E-state index is 12.6. The number of carbonyl (C=O) groups excluding carboxylic acids is 1. The Labute approximate surface area is 209 Å². The number of hydrogen-bond donors (Lipinski definition) is 2. The summed E-state index contributed by atoms with van der Waals surface area (Å²) in [6, 6.07) is 13.7. The zero-order chi connectivity index (χ0) is 25.1. The van der Waals surface area contributed by atoms with E-state index in [9.17, 15) is 9.18 Å². The summed E-state index contributed by atoms with van der Waals surface area (Å²) in [7, 11) is 0. The summed E-state index contributed by atoms with van der Waals surface area (Å²) in [4.78, 5) is 23.5. The van der Waals surface area contributed by atoms with E-state index in [-0.39, 0.29) is 11.9 Å². The van der Waals surface area contributed by atoms with Crippen LogP contribution in [0.5, 0.6) is 0 Å². The highest BCUT2D eigenvalue weighted by molar-refractivity contribution is 5.94. The predicted octanol–water partition coefficient (Wildman–Crippen LogP) is 4.71. The number of fused-ring (bicyclic) bond motifs is 1. The highest BCUT2D eigenvalue weighted by Crippen LogP contribution is 2.27. The van der Waals surface area contributed by atoms with Crippen LogP contribution in [0.1, 0.15) is 38.2 Å². The SMILES string of the molecule is CC(C)c1cnn2ccc(-c3ccnc(Nc4ccc(N5CCC(NCCF)CC5=O)cc4)n3)cc12. The molecule has 9 heteroatoms. The molecule has 1 atom stereocenters. The van der Waals surface area contributed by atoms with Gasteiger partial charge < -0.3 is 15.5 Å². The van der Waals surface area contributed by atoms with Crippen LogP contribution in [0.4, 0.5) is 21.7 Å². The summed E-state index contributed by atoms with van der Waals surface area (Å²) in [6.07, 6.45) is 6.79. The van der Waals surface area contributed by atoms with Crippen molar-refractivity contribution in [2.75, 3.05) is 30.0 Å². The van der Waals surface area contributed by atoms with E-state index in [1.165, 1.54) is 5.56 Å². The van der Waals surface area contributed by atoms with Gasteiger partial charge in [-0.3, -0.25) is 4.79 Å². The lowest BCUT2D eigenvalue weighted by Gasteiger charge is -2.32. The molecule has 5 rings (SSSR count). The molecule has 1 unspecified atom stereocenters. The van der Waals surface area contributed by atoms with Crippen molar-refractivity contribution in [1.29, 1.82) is 0 Å². The van der Waals surface area contributed by atoms with Gasteiger partial charge in [0.05, 0.1) is 17.4 Å². The largest absolute Gasteiger partial charge is 0.324 e. The maximum absolute atomic E-state index is 12.6. The number of pyridine rings is 1. The first-order valence-electron chi connectivity index (χ1n) is 12.3. The van der Waals surface area contributed by atoms with Crippen LogP contribution in [0.25, 0.3) is 16.8 Å². The fourth-order valence-corrected chi connectivity index (χ4v) is 4.58. The second-order valence-corrected chi connectivity index (χ2v) is 9.32. The van der Waals surface area contributed by atoms with E-state index in [0.29, 0.717) is 31.4 Å². The number of halogens is 1. The van der Waals surface area contributed by atoms with Gasteiger partial charge in [0.15, 0.2) is 0 Å². The van der Waals surface area contributed by atoms with Gasteiger partial charge in [-0.2, -0.15) is 5.10 Å². The van der Waals surface area contributed by atoms with Gasteiger partial charge in [0.2, 0.25) is 11.9 Å². The standard InChI is InChI=1S/C27H30FN7O/c1-18(2)23-17-31-35-14-8-19(15-25(23)35)24-7-11-30-27(33-24)32-20-3-5-22(6-4-20)34-13-9-21(16-26(34)36)29-12-10-28/h3-8,11,14-15,17-18,21,29H,9-10,12-13,16H2,1-2H3,(H,30,32,33). The van der Waals surface area contributed by atoms with E-state index in [4.69, 9.17) is 4.98 Å². The van der Waals surface area contributed by atoms with Crippen LogP contribution < -0.4 is 15.5 Å². The lowest BCUT2D eigenvalue weighted by Crippen LogP contribution is -2.46. The number of rotatable bonds is 8. The predicted molar refractivity (Wildman–Crippen MR) is 139 cm³/mol. The molecule has 4 heterocycles. The monoisotopic (exact) mass is 487 g/mol. The number of hydrogen-bond acceptors (Lipinski definition) is 6. The molecule has 1 aliphatic rings. The van der Waals surface area contributed by atoms with Gasteiger partial charge in [0.1, 0.15) is 6.67 Å². The van der Waals surface area contributed by atoms with Crippen molar-refractivity contribution >= 4 is 28.7 Å². The van der Waals surface area contributed by atoms with Crippen molar-refractivity contribution in [2.24, 2.45) is 0 Å². The van der Waals surface area contributed by atoms with Crippen LogP contribution in [-0.4, -0.2) is 51.3 Å². The second kappa shape index (κ2) is 10.4. The molecular weight excluding hydrogens is 457 g/mol. The Hall–Kier alpha value is -3.85. The van der Waals surface area contributed by atoms with Crippen LogP contribution in [-0.2, 0) is 4.79 Å². The molecule has 36 heavy (non-hydrogen) atoms.